The Morgan fingerprint density at radius 3 is 2.65 bits per heavy atom. The molecule has 4 heteroatoms. The van der Waals surface area contributed by atoms with Gasteiger partial charge in [0.2, 0.25) is 5.91 Å². The van der Waals surface area contributed by atoms with Crippen molar-refractivity contribution in [3.05, 3.63) is 0 Å². The van der Waals surface area contributed by atoms with E-state index in [1.807, 2.05) is 0 Å². The number of carbonyl (C=O) groups excluding carboxylic acids is 1. The van der Waals surface area contributed by atoms with E-state index in [2.05, 4.69) is 17.6 Å². The second-order valence-electron chi connectivity index (χ2n) is 5.65. The molecule has 0 bridgehead atoms. The molecule has 2 fully saturated rings. The third kappa shape index (κ3) is 2.80. The van der Waals surface area contributed by atoms with Gasteiger partial charge in [0.25, 0.3) is 0 Å². The van der Waals surface area contributed by atoms with E-state index < -0.39 is 0 Å². The predicted molar refractivity (Wildman–Crippen MR) is 68.6 cm³/mol. The lowest BCUT2D eigenvalue weighted by Crippen LogP contribution is -2.48. The number of amides is 1. The van der Waals surface area contributed by atoms with Crippen molar-refractivity contribution in [2.24, 2.45) is 11.1 Å². The summed E-state index contributed by atoms with van der Waals surface area (Å²) < 4.78 is 0. The highest BCUT2D eigenvalue weighted by atomic mass is 16.2. The average Bonchev–Trinajstić information content (AvgIpc) is 2.82. The van der Waals surface area contributed by atoms with Crippen LogP contribution in [0.5, 0.6) is 0 Å². The summed E-state index contributed by atoms with van der Waals surface area (Å²) in [6.07, 6.45) is 6.07. The van der Waals surface area contributed by atoms with Crippen LogP contribution in [0.25, 0.3) is 0 Å². The van der Waals surface area contributed by atoms with Gasteiger partial charge in [-0.2, -0.15) is 0 Å². The van der Waals surface area contributed by atoms with Gasteiger partial charge in [0.05, 0.1) is 5.41 Å². The molecule has 0 spiro atoms. The Morgan fingerprint density at radius 2 is 2.12 bits per heavy atom. The molecule has 1 aliphatic heterocycles. The molecular formula is C13H25N3O. The summed E-state index contributed by atoms with van der Waals surface area (Å²) in [7, 11) is 0. The van der Waals surface area contributed by atoms with Crippen LogP contribution >= 0.6 is 0 Å². The summed E-state index contributed by atoms with van der Waals surface area (Å²) in [5.74, 6) is 0.255. The fourth-order valence-electron chi connectivity index (χ4n) is 3.00. The van der Waals surface area contributed by atoms with Crippen LogP contribution in [0, 0.1) is 5.41 Å². The van der Waals surface area contributed by atoms with E-state index in [0.29, 0.717) is 12.1 Å². The van der Waals surface area contributed by atoms with Gasteiger partial charge in [-0.1, -0.05) is 6.92 Å². The smallest absolute Gasteiger partial charge is 0.227 e. The zero-order chi connectivity index (χ0) is 12.3. The van der Waals surface area contributed by atoms with Gasteiger partial charge in [0.1, 0.15) is 0 Å². The largest absolute Gasteiger partial charge is 0.353 e. The topological polar surface area (TPSA) is 67.2 Å². The van der Waals surface area contributed by atoms with Crippen LogP contribution in [0.1, 0.15) is 45.4 Å². The first-order chi connectivity index (χ1) is 8.16. The summed E-state index contributed by atoms with van der Waals surface area (Å²) in [5, 5.41) is 6.55. The maximum absolute atomic E-state index is 12.4. The summed E-state index contributed by atoms with van der Waals surface area (Å²) in [6, 6.07) is 0.697. The number of rotatable bonds is 3. The Kier molecular flexibility index (Phi) is 4.05. The van der Waals surface area contributed by atoms with Crippen LogP contribution in [0.3, 0.4) is 0 Å². The van der Waals surface area contributed by atoms with Gasteiger partial charge in [-0.15, -0.1) is 0 Å². The summed E-state index contributed by atoms with van der Waals surface area (Å²) >= 11 is 0. The third-order valence-electron chi connectivity index (χ3n) is 4.51. The monoisotopic (exact) mass is 239 g/mol. The third-order valence-corrected chi connectivity index (χ3v) is 4.51. The molecular weight excluding hydrogens is 214 g/mol. The van der Waals surface area contributed by atoms with Gasteiger partial charge >= 0.3 is 0 Å². The van der Waals surface area contributed by atoms with Crippen molar-refractivity contribution in [1.29, 1.82) is 0 Å². The maximum Gasteiger partial charge on any atom is 0.227 e. The van der Waals surface area contributed by atoms with E-state index in [1.165, 1.54) is 0 Å². The van der Waals surface area contributed by atoms with Crippen LogP contribution in [0.4, 0.5) is 0 Å². The molecule has 1 saturated heterocycles. The van der Waals surface area contributed by atoms with E-state index in [4.69, 9.17) is 5.73 Å². The van der Waals surface area contributed by atoms with Crippen LogP contribution in [-0.4, -0.2) is 31.1 Å². The molecule has 0 aromatic rings. The second-order valence-corrected chi connectivity index (χ2v) is 5.65. The van der Waals surface area contributed by atoms with Crippen LogP contribution in [0.15, 0.2) is 0 Å². The molecule has 0 aromatic carbocycles. The number of hydrogen-bond acceptors (Lipinski definition) is 3. The first kappa shape index (κ1) is 12.8. The fraction of sp³-hybridized carbons (Fsp3) is 0.923. The highest BCUT2D eigenvalue weighted by Crippen LogP contribution is 2.30. The molecule has 2 rings (SSSR count). The van der Waals surface area contributed by atoms with Gasteiger partial charge in [-0.3, -0.25) is 4.79 Å². The minimum Gasteiger partial charge on any atom is -0.353 e. The normalized spacial score (nSPS) is 38.0. The molecule has 17 heavy (non-hydrogen) atoms. The first-order valence-electron chi connectivity index (χ1n) is 6.93. The van der Waals surface area contributed by atoms with E-state index in [9.17, 15) is 4.79 Å². The number of nitrogens with two attached hydrogens (primary N) is 1. The van der Waals surface area contributed by atoms with Crippen molar-refractivity contribution < 1.29 is 4.79 Å². The second kappa shape index (κ2) is 5.36. The van der Waals surface area contributed by atoms with E-state index in [1.54, 1.807) is 0 Å². The van der Waals surface area contributed by atoms with Crippen LogP contribution < -0.4 is 16.4 Å². The Bertz CT molecular complexity index is 266. The molecule has 4 N–H and O–H groups in total. The van der Waals surface area contributed by atoms with Crippen molar-refractivity contribution in [2.75, 3.05) is 13.1 Å². The number of carbonyl (C=O) groups is 1. The molecule has 1 amide bonds. The zero-order valence-electron chi connectivity index (χ0n) is 10.8. The van der Waals surface area contributed by atoms with Crippen molar-refractivity contribution in [3.8, 4) is 0 Å². The molecule has 0 aromatic heterocycles. The van der Waals surface area contributed by atoms with Gasteiger partial charge in [0.15, 0.2) is 0 Å². The minimum atomic E-state index is -0.153. The summed E-state index contributed by atoms with van der Waals surface area (Å²) in [6.45, 7) is 3.92. The molecule has 0 radical (unpaired) electrons. The molecule has 1 saturated carbocycles. The number of nitrogens with one attached hydrogen (secondary N) is 2. The molecule has 1 heterocycles. The summed E-state index contributed by atoms with van der Waals surface area (Å²) in [4.78, 5) is 12.4. The average molecular weight is 239 g/mol. The SMILES string of the molecule is CCC1(C(=O)NC2CCC(N)CC2)CCNC1. The van der Waals surface area contributed by atoms with Crippen LogP contribution in [-0.2, 0) is 4.79 Å². The Balaban J connectivity index is 1.87. The fourth-order valence-corrected chi connectivity index (χ4v) is 3.00. The molecule has 1 unspecified atom stereocenters. The first-order valence-corrected chi connectivity index (χ1v) is 6.93. The molecule has 1 aliphatic carbocycles. The highest BCUT2D eigenvalue weighted by Gasteiger charge is 2.40. The maximum atomic E-state index is 12.4. The Hall–Kier alpha value is -0.610. The molecule has 2 aliphatic rings. The van der Waals surface area contributed by atoms with Crippen molar-refractivity contribution in [2.45, 2.75) is 57.5 Å². The zero-order valence-corrected chi connectivity index (χ0v) is 10.8. The Morgan fingerprint density at radius 1 is 1.41 bits per heavy atom. The van der Waals surface area contributed by atoms with Crippen molar-refractivity contribution >= 4 is 5.91 Å². The van der Waals surface area contributed by atoms with E-state index >= 15 is 0 Å². The predicted octanol–water partition coefficient (Wildman–Crippen LogP) is 0.762. The minimum absolute atomic E-state index is 0.153. The molecule has 4 nitrogen and oxygen atoms in total. The quantitative estimate of drug-likeness (QED) is 0.681. The lowest BCUT2D eigenvalue weighted by molar-refractivity contribution is -0.131. The summed E-state index contributed by atoms with van der Waals surface area (Å²) in [5.41, 5.74) is 5.73. The Labute approximate surface area is 104 Å². The van der Waals surface area contributed by atoms with Gasteiger partial charge in [-0.25, -0.2) is 0 Å². The number of hydrogen-bond donors (Lipinski definition) is 3. The highest BCUT2D eigenvalue weighted by molar-refractivity contribution is 5.83. The lowest BCUT2D eigenvalue weighted by Gasteiger charge is -2.32. The van der Waals surface area contributed by atoms with E-state index in [0.717, 1.165) is 51.6 Å². The van der Waals surface area contributed by atoms with E-state index in [-0.39, 0.29) is 11.3 Å². The van der Waals surface area contributed by atoms with Gasteiger partial charge < -0.3 is 16.4 Å². The van der Waals surface area contributed by atoms with Crippen molar-refractivity contribution in [3.63, 3.8) is 0 Å². The van der Waals surface area contributed by atoms with Gasteiger partial charge in [-0.05, 0) is 45.1 Å². The van der Waals surface area contributed by atoms with Crippen LogP contribution in [0.2, 0.25) is 0 Å². The molecule has 98 valence electrons. The molecule has 1 atom stereocenters. The van der Waals surface area contributed by atoms with Gasteiger partial charge in [0, 0.05) is 18.6 Å². The standard InChI is InChI=1S/C13H25N3O/c1-2-13(7-8-15-9-13)12(17)16-11-5-3-10(14)4-6-11/h10-11,15H,2-9,14H2,1H3,(H,16,17). The van der Waals surface area contributed by atoms with Crippen molar-refractivity contribution in [1.82, 2.24) is 10.6 Å². The lowest BCUT2D eigenvalue weighted by atomic mass is 9.82.